The van der Waals surface area contributed by atoms with E-state index in [1.54, 1.807) is 6.07 Å². The predicted octanol–water partition coefficient (Wildman–Crippen LogP) is 5.63. The van der Waals surface area contributed by atoms with Crippen LogP contribution in [0.2, 0.25) is 0 Å². The van der Waals surface area contributed by atoms with Crippen molar-refractivity contribution in [3.63, 3.8) is 0 Å². The van der Waals surface area contributed by atoms with Gasteiger partial charge in [0.15, 0.2) is 10.6 Å². The average molecular weight is 420 g/mol. The summed E-state index contributed by atoms with van der Waals surface area (Å²) < 4.78 is 4.56. The van der Waals surface area contributed by atoms with Crippen molar-refractivity contribution in [2.45, 2.75) is 32.7 Å². The van der Waals surface area contributed by atoms with Crippen LogP contribution in [0.3, 0.4) is 0 Å². The molecule has 2 aromatic heterocycles. The van der Waals surface area contributed by atoms with Crippen molar-refractivity contribution < 1.29 is 5.11 Å². The van der Waals surface area contributed by atoms with Crippen molar-refractivity contribution in [1.82, 2.24) is 19.3 Å². The van der Waals surface area contributed by atoms with E-state index in [-0.39, 0.29) is 11.4 Å². The molecule has 0 unspecified atom stereocenters. The van der Waals surface area contributed by atoms with Crippen LogP contribution in [0, 0.1) is 15.6 Å². The van der Waals surface area contributed by atoms with Gasteiger partial charge in [-0.2, -0.15) is 5.10 Å². The molecule has 30 heavy (non-hydrogen) atoms. The summed E-state index contributed by atoms with van der Waals surface area (Å²) in [6, 6.07) is 11.4. The number of aromatic hydroxyl groups is 1. The molecule has 2 aromatic carbocycles. The Kier molecular flexibility index (Phi) is 4.51. The fraction of sp³-hybridized carbons (Fsp3) is 0.273. The Morgan fingerprint density at radius 1 is 1.30 bits per heavy atom. The third-order valence-corrected chi connectivity index (χ3v) is 6.05. The van der Waals surface area contributed by atoms with Crippen LogP contribution < -0.4 is 0 Å². The summed E-state index contributed by atoms with van der Waals surface area (Å²) in [6.07, 6.45) is 5.31. The lowest BCUT2D eigenvalue weighted by Crippen LogP contribution is -2.01. The summed E-state index contributed by atoms with van der Waals surface area (Å²) in [4.78, 5) is 11.1. The number of hydrogen-bond donors (Lipinski definition) is 2. The minimum absolute atomic E-state index is 0.0597. The largest absolute Gasteiger partial charge is 0.507 e. The lowest BCUT2D eigenvalue weighted by Gasteiger charge is -2.12. The van der Waals surface area contributed by atoms with Crippen LogP contribution in [-0.2, 0) is 13.0 Å². The van der Waals surface area contributed by atoms with Gasteiger partial charge in [-0.3, -0.25) is 9.67 Å². The normalized spacial score (nSPS) is 13.8. The SMILES string of the molecule is CCc1cc(-c2n[nH]c(=S)n2-c2cccc3c2ccn3CC2CC2)c(O)cc1N=O. The van der Waals surface area contributed by atoms with E-state index in [1.165, 1.54) is 18.9 Å². The number of rotatable bonds is 6. The Labute approximate surface area is 178 Å². The Morgan fingerprint density at radius 2 is 2.13 bits per heavy atom. The second-order valence-corrected chi connectivity index (χ2v) is 8.14. The van der Waals surface area contributed by atoms with Gasteiger partial charge < -0.3 is 9.67 Å². The number of aromatic amines is 1. The molecule has 4 aromatic rings. The highest BCUT2D eigenvalue weighted by Gasteiger charge is 2.23. The van der Waals surface area contributed by atoms with Gasteiger partial charge in [-0.1, -0.05) is 13.0 Å². The number of nitrogens with zero attached hydrogens (tertiary/aromatic N) is 4. The van der Waals surface area contributed by atoms with E-state index in [0.717, 1.165) is 34.6 Å². The Balaban J connectivity index is 1.70. The van der Waals surface area contributed by atoms with Crippen LogP contribution in [0.25, 0.3) is 28.0 Å². The smallest absolute Gasteiger partial charge is 0.200 e. The molecule has 7 nitrogen and oxygen atoms in total. The van der Waals surface area contributed by atoms with Gasteiger partial charge in [0, 0.05) is 24.2 Å². The first-order chi connectivity index (χ1) is 14.6. The highest BCUT2D eigenvalue weighted by molar-refractivity contribution is 7.71. The summed E-state index contributed by atoms with van der Waals surface area (Å²) in [5, 5.41) is 21.9. The number of nitroso groups, excluding NO2 is 1. The van der Waals surface area contributed by atoms with Crippen LogP contribution in [0.5, 0.6) is 5.75 Å². The molecular weight excluding hydrogens is 398 g/mol. The molecule has 1 aliphatic carbocycles. The van der Waals surface area contributed by atoms with Gasteiger partial charge in [0.1, 0.15) is 11.4 Å². The number of H-pyrrole nitrogens is 1. The maximum Gasteiger partial charge on any atom is 0.200 e. The number of nitrogens with one attached hydrogen (secondary N) is 1. The first-order valence-electron chi connectivity index (χ1n) is 10.1. The molecule has 1 fully saturated rings. The number of fused-ring (bicyclic) bond motifs is 1. The molecule has 1 saturated carbocycles. The molecule has 8 heteroatoms. The molecule has 0 bridgehead atoms. The molecule has 2 heterocycles. The van der Waals surface area contributed by atoms with Gasteiger partial charge >= 0.3 is 0 Å². The average Bonchev–Trinajstić information content (AvgIpc) is 3.36. The van der Waals surface area contributed by atoms with Gasteiger partial charge in [-0.05, 0) is 72.4 Å². The first kappa shape index (κ1) is 18.7. The number of hydrogen-bond acceptors (Lipinski definition) is 5. The second kappa shape index (κ2) is 7.21. The van der Waals surface area contributed by atoms with Crippen molar-refractivity contribution in [2.75, 3.05) is 0 Å². The zero-order valence-electron chi connectivity index (χ0n) is 16.5. The molecule has 1 aliphatic rings. The van der Waals surface area contributed by atoms with E-state index in [2.05, 4.69) is 38.3 Å². The molecule has 0 radical (unpaired) electrons. The second-order valence-electron chi connectivity index (χ2n) is 7.75. The maximum atomic E-state index is 11.1. The first-order valence-corrected chi connectivity index (χ1v) is 10.5. The Hall–Kier alpha value is -3.26. The Morgan fingerprint density at radius 3 is 2.87 bits per heavy atom. The molecule has 5 rings (SSSR count). The van der Waals surface area contributed by atoms with Crippen molar-refractivity contribution in [1.29, 1.82) is 0 Å². The number of aromatic nitrogens is 4. The molecule has 2 N–H and O–H groups in total. The van der Waals surface area contributed by atoms with Crippen LogP contribution in [0.4, 0.5) is 5.69 Å². The number of phenolic OH excluding ortho intramolecular Hbond substituents is 1. The summed E-state index contributed by atoms with van der Waals surface area (Å²) in [7, 11) is 0. The van der Waals surface area contributed by atoms with E-state index >= 15 is 0 Å². The van der Waals surface area contributed by atoms with Crippen LogP contribution in [0.15, 0.2) is 47.8 Å². The van der Waals surface area contributed by atoms with Crippen LogP contribution in [0.1, 0.15) is 25.3 Å². The number of benzene rings is 2. The number of phenols is 1. The summed E-state index contributed by atoms with van der Waals surface area (Å²) in [5.74, 6) is 1.20. The zero-order valence-corrected chi connectivity index (χ0v) is 17.3. The van der Waals surface area contributed by atoms with E-state index in [4.69, 9.17) is 12.2 Å². The lowest BCUT2D eigenvalue weighted by atomic mass is 10.0. The molecule has 0 atom stereocenters. The third kappa shape index (κ3) is 3.04. The summed E-state index contributed by atoms with van der Waals surface area (Å²) in [6.45, 7) is 2.96. The molecule has 0 saturated heterocycles. The van der Waals surface area contributed by atoms with Gasteiger partial charge in [0.2, 0.25) is 0 Å². The van der Waals surface area contributed by atoms with Crippen LogP contribution >= 0.6 is 12.2 Å². The summed E-state index contributed by atoms with van der Waals surface area (Å²) in [5.41, 5.74) is 3.52. The van der Waals surface area contributed by atoms with Crippen molar-refractivity contribution in [3.8, 4) is 22.8 Å². The number of aryl methyl sites for hydroxylation is 1. The van der Waals surface area contributed by atoms with Crippen molar-refractivity contribution in [2.24, 2.45) is 11.1 Å². The molecular formula is C22H21N5O2S. The zero-order chi connectivity index (χ0) is 20.8. The fourth-order valence-electron chi connectivity index (χ4n) is 4.01. The quantitative estimate of drug-likeness (QED) is 0.313. The third-order valence-electron chi connectivity index (χ3n) is 5.77. The van der Waals surface area contributed by atoms with E-state index < -0.39 is 0 Å². The topological polar surface area (TPSA) is 88.2 Å². The van der Waals surface area contributed by atoms with Crippen molar-refractivity contribution >= 4 is 28.8 Å². The van der Waals surface area contributed by atoms with E-state index in [9.17, 15) is 10.0 Å². The van der Waals surface area contributed by atoms with E-state index in [1.807, 2.05) is 23.6 Å². The van der Waals surface area contributed by atoms with Crippen LogP contribution in [-0.4, -0.2) is 24.4 Å². The minimum atomic E-state index is -0.0597. The monoisotopic (exact) mass is 419 g/mol. The van der Waals surface area contributed by atoms with Gasteiger partial charge in [0.25, 0.3) is 0 Å². The standard InChI is InChI=1S/C22H21N5O2S/c1-2-14-10-16(20(28)11-17(14)25-29)21-23-24-22(30)27(21)19-5-3-4-18-15(19)8-9-26(18)12-13-6-7-13/h3-5,8-11,13,28H,2,6-7,12H2,1H3,(H,24,30). The predicted molar refractivity (Wildman–Crippen MR) is 119 cm³/mol. The Bertz CT molecular complexity index is 1330. The fourth-order valence-corrected chi connectivity index (χ4v) is 4.24. The van der Waals surface area contributed by atoms with Gasteiger partial charge in [-0.15, -0.1) is 4.91 Å². The van der Waals surface area contributed by atoms with Gasteiger partial charge in [0.05, 0.1) is 16.8 Å². The lowest BCUT2D eigenvalue weighted by molar-refractivity contribution is 0.476. The summed E-state index contributed by atoms with van der Waals surface area (Å²) >= 11 is 5.55. The molecule has 0 spiro atoms. The molecule has 0 amide bonds. The van der Waals surface area contributed by atoms with E-state index in [0.29, 0.717) is 22.6 Å². The maximum absolute atomic E-state index is 11.1. The van der Waals surface area contributed by atoms with Crippen molar-refractivity contribution in [3.05, 3.63) is 57.8 Å². The molecule has 152 valence electrons. The highest BCUT2D eigenvalue weighted by Crippen LogP contribution is 2.37. The molecule has 0 aliphatic heterocycles. The minimum Gasteiger partial charge on any atom is -0.507 e. The van der Waals surface area contributed by atoms with Gasteiger partial charge in [-0.25, -0.2) is 0 Å². The highest BCUT2D eigenvalue weighted by atomic mass is 32.1.